The second kappa shape index (κ2) is 12.0. The van der Waals surface area contributed by atoms with E-state index in [2.05, 4.69) is 15.6 Å². The van der Waals surface area contributed by atoms with Crippen molar-refractivity contribution in [1.82, 2.24) is 20.1 Å². The van der Waals surface area contributed by atoms with Crippen molar-refractivity contribution in [3.63, 3.8) is 0 Å². The maximum Gasteiger partial charge on any atom is 0.317 e. The van der Waals surface area contributed by atoms with Gasteiger partial charge in [0.15, 0.2) is 0 Å². The first-order valence-corrected chi connectivity index (χ1v) is 11.7. The van der Waals surface area contributed by atoms with Crippen LogP contribution >= 0.6 is 11.3 Å². The van der Waals surface area contributed by atoms with Crippen molar-refractivity contribution in [3.05, 3.63) is 76.2 Å². The van der Waals surface area contributed by atoms with Crippen LogP contribution in [-0.2, 0) is 13.0 Å². The van der Waals surface area contributed by atoms with Crippen LogP contribution in [0.1, 0.15) is 21.6 Å². The highest BCUT2D eigenvalue weighted by Crippen LogP contribution is 2.23. The number of carbonyl (C=O) groups is 2. The molecule has 0 unspecified atom stereocenters. The molecule has 0 aliphatic heterocycles. The fourth-order valence-electron chi connectivity index (χ4n) is 3.11. The van der Waals surface area contributed by atoms with Gasteiger partial charge in [-0.05, 0) is 37.7 Å². The third-order valence-electron chi connectivity index (χ3n) is 5.01. The van der Waals surface area contributed by atoms with Crippen LogP contribution in [0.2, 0.25) is 0 Å². The molecule has 0 bridgehead atoms. The van der Waals surface area contributed by atoms with E-state index < -0.39 is 0 Å². The maximum absolute atomic E-state index is 12.8. The number of pyridine rings is 1. The molecule has 0 saturated heterocycles. The average molecular weight is 467 g/mol. The molecule has 3 rings (SSSR count). The van der Waals surface area contributed by atoms with E-state index in [1.54, 1.807) is 27.9 Å². The molecule has 0 atom stereocenters. The topological polar surface area (TPSA) is 104 Å². The molecule has 2 heterocycles. The zero-order valence-corrected chi connectivity index (χ0v) is 19.8. The van der Waals surface area contributed by atoms with Gasteiger partial charge in [-0.1, -0.05) is 36.4 Å². The minimum atomic E-state index is -0.324. The molecular weight excluding hydrogens is 436 g/mol. The minimum Gasteiger partial charge on any atom is -0.396 e. The van der Waals surface area contributed by atoms with E-state index in [-0.39, 0.29) is 17.6 Å². The normalized spacial score (nSPS) is 10.8. The SMILES string of the molecule is CN(C)CCN(Cc1ccc(C(=O)Nc2cscc2N)nc1)C(=O)NCCc1ccccc1. The third-order valence-corrected chi connectivity index (χ3v) is 5.77. The van der Waals surface area contributed by atoms with Crippen molar-refractivity contribution in [3.8, 4) is 0 Å². The van der Waals surface area contributed by atoms with Gasteiger partial charge in [-0.25, -0.2) is 4.79 Å². The monoisotopic (exact) mass is 466 g/mol. The number of anilines is 2. The van der Waals surface area contributed by atoms with Gasteiger partial charge in [0, 0.05) is 43.1 Å². The molecule has 2 aromatic heterocycles. The van der Waals surface area contributed by atoms with Crippen LogP contribution in [0, 0.1) is 0 Å². The van der Waals surface area contributed by atoms with Gasteiger partial charge < -0.3 is 26.2 Å². The van der Waals surface area contributed by atoms with Crippen LogP contribution in [-0.4, -0.2) is 60.5 Å². The lowest BCUT2D eigenvalue weighted by Crippen LogP contribution is -2.43. The third kappa shape index (κ3) is 7.58. The Morgan fingerprint density at radius 1 is 1.03 bits per heavy atom. The van der Waals surface area contributed by atoms with E-state index in [1.165, 1.54) is 16.9 Å². The Morgan fingerprint density at radius 2 is 1.82 bits per heavy atom. The molecule has 33 heavy (non-hydrogen) atoms. The lowest BCUT2D eigenvalue weighted by molar-refractivity contribution is 0.102. The van der Waals surface area contributed by atoms with E-state index in [0.29, 0.717) is 31.0 Å². The first-order valence-electron chi connectivity index (χ1n) is 10.7. The highest BCUT2D eigenvalue weighted by molar-refractivity contribution is 7.09. The van der Waals surface area contributed by atoms with Gasteiger partial charge in [0.05, 0.1) is 11.4 Å². The fourth-order valence-corrected chi connectivity index (χ4v) is 3.78. The van der Waals surface area contributed by atoms with Crippen LogP contribution in [0.15, 0.2) is 59.4 Å². The number of carbonyl (C=O) groups excluding carboxylic acids is 2. The summed E-state index contributed by atoms with van der Waals surface area (Å²) < 4.78 is 0. The number of hydrogen-bond donors (Lipinski definition) is 3. The number of benzene rings is 1. The first-order chi connectivity index (χ1) is 15.9. The van der Waals surface area contributed by atoms with Crippen molar-refractivity contribution in [2.45, 2.75) is 13.0 Å². The van der Waals surface area contributed by atoms with Crippen LogP contribution in [0.3, 0.4) is 0 Å². The number of nitrogens with two attached hydrogens (primary N) is 1. The molecule has 1 aromatic carbocycles. The molecular formula is C24H30N6O2S. The summed E-state index contributed by atoms with van der Waals surface area (Å²) in [6.45, 7) is 2.27. The zero-order valence-electron chi connectivity index (χ0n) is 19.0. The number of thiophene rings is 1. The van der Waals surface area contributed by atoms with Gasteiger partial charge in [0.25, 0.3) is 5.91 Å². The lowest BCUT2D eigenvalue weighted by atomic mass is 10.1. The number of hydrogen-bond acceptors (Lipinski definition) is 6. The molecule has 174 valence electrons. The predicted molar refractivity (Wildman–Crippen MR) is 133 cm³/mol. The molecule has 3 amide bonds. The Bertz CT molecular complexity index is 1040. The van der Waals surface area contributed by atoms with Crippen LogP contribution in [0.25, 0.3) is 0 Å². The van der Waals surface area contributed by atoms with E-state index in [4.69, 9.17) is 5.73 Å². The number of aromatic nitrogens is 1. The van der Waals surface area contributed by atoms with Crippen molar-refractivity contribution < 1.29 is 9.59 Å². The quantitative estimate of drug-likeness (QED) is 0.425. The first kappa shape index (κ1) is 24.2. The Labute approximate surface area is 198 Å². The van der Waals surface area contributed by atoms with E-state index in [0.717, 1.165) is 18.5 Å². The Balaban J connectivity index is 1.58. The smallest absolute Gasteiger partial charge is 0.317 e. The van der Waals surface area contributed by atoms with Gasteiger partial charge in [0.1, 0.15) is 5.69 Å². The van der Waals surface area contributed by atoms with Crippen LogP contribution in [0.5, 0.6) is 0 Å². The van der Waals surface area contributed by atoms with Gasteiger partial charge in [0.2, 0.25) is 0 Å². The fraction of sp³-hybridized carbons (Fsp3) is 0.292. The molecule has 4 N–H and O–H groups in total. The van der Waals surface area contributed by atoms with Crippen molar-refractivity contribution in [2.24, 2.45) is 0 Å². The summed E-state index contributed by atoms with van der Waals surface area (Å²) >= 11 is 1.42. The van der Waals surface area contributed by atoms with E-state index in [9.17, 15) is 9.59 Å². The molecule has 8 nitrogen and oxygen atoms in total. The number of amides is 3. The van der Waals surface area contributed by atoms with Gasteiger partial charge >= 0.3 is 6.03 Å². The second-order valence-corrected chi connectivity index (χ2v) is 8.68. The Kier molecular flexibility index (Phi) is 8.79. The summed E-state index contributed by atoms with van der Waals surface area (Å²) in [4.78, 5) is 33.3. The second-order valence-electron chi connectivity index (χ2n) is 7.94. The van der Waals surface area contributed by atoms with Crippen LogP contribution < -0.4 is 16.4 Å². The number of nitrogen functional groups attached to an aromatic ring is 1. The predicted octanol–water partition coefficient (Wildman–Crippen LogP) is 3.29. The number of nitrogens with one attached hydrogen (secondary N) is 2. The van der Waals surface area contributed by atoms with Crippen LogP contribution in [0.4, 0.5) is 16.2 Å². The summed E-state index contributed by atoms with van der Waals surface area (Å²) in [7, 11) is 3.95. The zero-order chi connectivity index (χ0) is 23.6. The largest absolute Gasteiger partial charge is 0.396 e. The van der Waals surface area contributed by atoms with Crippen molar-refractivity contribution in [2.75, 3.05) is 44.8 Å². The van der Waals surface area contributed by atoms with Gasteiger partial charge in [-0.2, -0.15) is 0 Å². The van der Waals surface area contributed by atoms with E-state index >= 15 is 0 Å². The van der Waals surface area contributed by atoms with Crippen molar-refractivity contribution >= 4 is 34.6 Å². The number of rotatable bonds is 10. The Morgan fingerprint density at radius 3 is 2.45 bits per heavy atom. The summed E-state index contributed by atoms with van der Waals surface area (Å²) in [6, 6.07) is 13.4. The summed E-state index contributed by atoms with van der Waals surface area (Å²) in [5.74, 6) is -0.324. The molecule has 0 fully saturated rings. The molecule has 0 aliphatic carbocycles. The minimum absolute atomic E-state index is 0.123. The van der Waals surface area contributed by atoms with Gasteiger partial charge in [-0.3, -0.25) is 9.78 Å². The average Bonchev–Trinajstić information content (AvgIpc) is 3.21. The standard InChI is InChI=1S/C24H30N6O2S/c1-29(2)12-13-30(24(32)26-11-10-18-6-4-3-5-7-18)15-19-8-9-21(27-14-19)23(31)28-22-17-33-16-20(22)25/h3-9,14,16-17H,10-13,15,25H2,1-2H3,(H,26,32)(H,28,31). The van der Waals surface area contributed by atoms with E-state index in [1.807, 2.05) is 55.4 Å². The molecule has 0 saturated carbocycles. The highest BCUT2D eigenvalue weighted by atomic mass is 32.1. The number of likely N-dealkylation sites (N-methyl/N-ethyl adjacent to an activating group) is 1. The molecule has 0 radical (unpaired) electrons. The maximum atomic E-state index is 12.8. The summed E-state index contributed by atoms with van der Waals surface area (Å²) in [5.41, 5.74) is 9.24. The Hall–Kier alpha value is -3.43. The molecule has 3 aromatic rings. The molecule has 9 heteroatoms. The van der Waals surface area contributed by atoms with Gasteiger partial charge in [-0.15, -0.1) is 11.3 Å². The number of nitrogens with zero attached hydrogens (tertiary/aromatic N) is 3. The highest BCUT2D eigenvalue weighted by Gasteiger charge is 2.15. The van der Waals surface area contributed by atoms with Crippen molar-refractivity contribution in [1.29, 1.82) is 0 Å². The molecule has 0 spiro atoms. The lowest BCUT2D eigenvalue weighted by Gasteiger charge is -2.25. The summed E-state index contributed by atoms with van der Waals surface area (Å²) in [6.07, 6.45) is 2.40. The molecule has 0 aliphatic rings. The summed E-state index contributed by atoms with van der Waals surface area (Å²) in [5, 5.41) is 9.31. The number of urea groups is 1.